The summed E-state index contributed by atoms with van der Waals surface area (Å²) < 4.78 is 16.6. The lowest BCUT2D eigenvalue weighted by molar-refractivity contribution is 0.0622. The van der Waals surface area contributed by atoms with E-state index in [1.165, 1.54) is 11.8 Å². The molecule has 1 amide bonds. The van der Waals surface area contributed by atoms with Gasteiger partial charge in [0, 0.05) is 71.0 Å². The van der Waals surface area contributed by atoms with Gasteiger partial charge in [-0.15, -0.1) is 0 Å². The van der Waals surface area contributed by atoms with Gasteiger partial charge in [0.1, 0.15) is 17.8 Å². The molecule has 0 saturated carbocycles. The number of benzene rings is 2. The van der Waals surface area contributed by atoms with E-state index in [-0.39, 0.29) is 5.91 Å². The first-order valence-corrected chi connectivity index (χ1v) is 13.3. The zero-order valence-corrected chi connectivity index (χ0v) is 22.3. The van der Waals surface area contributed by atoms with Gasteiger partial charge >= 0.3 is 0 Å². The summed E-state index contributed by atoms with van der Waals surface area (Å²) in [6, 6.07) is 16.4. The first kappa shape index (κ1) is 26.2. The SMILES string of the molecule is COc1ccc(OC)c(CN2CCN(Cc3nc(C(=O)N4CCN(Cc5ccccc5)CC4)co3)CC2)c1. The number of hydrogen-bond donors (Lipinski definition) is 0. The van der Waals surface area contributed by atoms with Gasteiger partial charge in [-0.25, -0.2) is 4.98 Å². The van der Waals surface area contributed by atoms with E-state index in [9.17, 15) is 4.79 Å². The molecule has 2 aliphatic heterocycles. The first-order chi connectivity index (χ1) is 18.6. The van der Waals surface area contributed by atoms with Crippen molar-refractivity contribution in [3.8, 4) is 11.5 Å². The Kier molecular flexibility index (Phi) is 8.58. The number of carbonyl (C=O) groups is 1. The van der Waals surface area contributed by atoms with Crippen LogP contribution in [-0.4, -0.2) is 97.1 Å². The molecule has 38 heavy (non-hydrogen) atoms. The topological polar surface area (TPSA) is 74.5 Å². The van der Waals surface area contributed by atoms with Crippen LogP contribution < -0.4 is 9.47 Å². The van der Waals surface area contributed by atoms with E-state index in [1.54, 1.807) is 14.2 Å². The van der Waals surface area contributed by atoms with E-state index in [1.807, 2.05) is 29.2 Å². The van der Waals surface area contributed by atoms with Crippen LogP contribution in [0.5, 0.6) is 11.5 Å². The Morgan fingerprint density at radius 1 is 0.816 bits per heavy atom. The highest BCUT2D eigenvalue weighted by atomic mass is 16.5. The number of piperazine rings is 2. The summed E-state index contributed by atoms with van der Waals surface area (Å²) >= 11 is 0. The molecule has 0 radical (unpaired) electrons. The van der Waals surface area contributed by atoms with Crippen LogP contribution >= 0.6 is 0 Å². The number of nitrogens with zero attached hydrogens (tertiary/aromatic N) is 5. The number of oxazole rings is 1. The fourth-order valence-corrected chi connectivity index (χ4v) is 5.14. The lowest BCUT2D eigenvalue weighted by atomic mass is 10.1. The van der Waals surface area contributed by atoms with Gasteiger partial charge in [0.15, 0.2) is 5.69 Å². The highest BCUT2D eigenvalue weighted by Crippen LogP contribution is 2.26. The molecule has 9 heteroatoms. The second-order valence-electron chi connectivity index (χ2n) is 9.91. The summed E-state index contributed by atoms with van der Waals surface area (Å²) in [4.78, 5) is 26.6. The van der Waals surface area contributed by atoms with Crippen LogP contribution in [0.4, 0.5) is 0 Å². The second kappa shape index (κ2) is 12.4. The fraction of sp³-hybridized carbons (Fsp3) is 0.448. The molecular weight excluding hydrogens is 482 g/mol. The highest BCUT2D eigenvalue weighted by Gasteiger charge is 2.25. The third kappa shape index (κ3) is 6.53. The predicted octanol–water partition coefficient (Wildman–Crippen LogP) is 2.97. The van der Waals surface area contributed by atoms with E-state index in [4.69, 9.17) is 13.9 Å². The maximum Gasteiger partial charge on any atom is 0.275 e. The molecule has 3 aromatic rings. The fourth-order valence-electron chi connectivity index (χ4n) is 5.14. The van der Waals surface area contributed by atoms with Crippen molar-refractivity contribution in [2.24, 2.45) is 0 Å². The zero-order chi connectivity index (χ0) is 26.3. The maximum absolute atomic E-state index is 13.0. The largest absolute Gasteiger partial charge is 0.497 e. The van der Waals surface area contributed by atoms with Crippen molar-refractivity contribution in [3.05, 3.63) is 77.5 Å². The van der Waals surface area contributed by atoms with Crippen molar-refractivity contribution >= 4 is 5.91 Å². The van der Waals surface area contributed by atoms with Crippen LogP contribution in [-0.2, 0) is 19.6 Å². The van der Waals surface area contributed by atoms with Crippen molar-refractivity contribution in [2.75, 3.05) is 66.6 Å². The van der Waals surface area contributed by atoms with Crippen LogP contribution in [0.3, 0.4) is 0 Å². The Balaban J connectivity index is 1.07. The van der Waals surface area contributed by atoms with E-state index in [0.29, 0.717) is 31.2 Å². The molecule has 9 nitrogen and oxygen atoms in total. The van der Waals surface area contributed by atoms with Gasteiger partial charge in [0.25, 0.3) is 5.91 Å². The molecule has 202 valence electrons. The van der Waals surface area contributed by atoms with Crippen molar-refractivity contribution in [3.63, 3.8) is 0 Å². The molecule has 2 saturated heterocycles. The Morgan fingerprint density at radius 3 is 2.16 bits per heavy atom. The molecular formula is C29H37N5O4. The Morgan fingerprint density at radius 2 is 1.47 bits per heavy atom. The molecule has 0 aliphatic carbocycles. The third-order valence-electron chi connectivity index (χ3n) is 7.38. The number of aromatic nitrogens is 1. The van der Waals surface area contributed by atoms with E-state index in [0.717, 1.165) is 69.4 Å². The van der Waals surface area contributed by atoms with Gasteiger partial charge in [-0.2, -0.15) is 0 Å². The summed E-state index contributed by atoms with van der Waals surface area (Å²) in [7, 11) is 3.38. The summed E-state index contributed by atoms with van der Waals surface area (Å²) in [5, 5.41) is 0. The third-order valence-corrected chi connectivity index (χ3v) is 7.38. The molecule has 0 unspecified atom stereocenters. The van der Waals surface area contributed by atoms with Gasteiger partial charge in [-0.3, -0.25) is 19.5 Å². The molecule has 0 N–H and O–H groups in total. The number of hydrogen-bond acceptors (Lipinski definition) is 8. The van der Waals surface area contributed by atoms with Crippen molar-refractivity contribution in [1.29, 1.82) is 0 Å². The zero-order valence-electron chi connectivity index (χ0n) is 22.3. The number of amides is 1. The first-order valence-electron chi connectivity index (χ1n) is 13.3. The van der Waals surface area contributed by atoms with Crippen molar-refractivity contribution in [2.45, 2.75) is 19.6 Å². The van der Waals surface area contributed by atoms with Crippen molar-refractivity contribution in [1.82, 2.24) is 24.6 Å². The smallest absolute Gasteiger partial charge is 0.275 e. The predicted molar refractivity (Wildman–Crippen MR) is 144 cm³/mol. The quantitative estimate of drug-likeness (QED) is 0.427. The van der Waals surface area contributed by atoms with Crippen molar-refractivity contribution < 1.29 is 18.7 Å². The van der Waals surface area contributed by atoms with Gasteiger partial charge in [0.2, 0.25) is 5.89 Å². The minimum Gasteiger partial charge on any atom is -0.497 e. The van der Waals surface area contributed by atoms with Crippen LogP contribution in [0.15, 0.2) is 59.2 Å². The van der Waals surface area contributed by atoms with Crippen LogP contribution in [0.2, 0.25) is 0 Å². The minimum atomic E-state index is -0.0450. The van der Waals surface area contributed by atoms with E-state index >= 15 is 0 Å². The van der Waals surface area contributed by atoms with Crippen LogP contribution in [0, 0.1) is 0 Å². The summed E-state index contributed by atoms with van der Waals surface area (Å²) in [6.07, 6.45) is 1.51. The van der Waals surface area contributed by atoms with Crippen LogP contribution in [0.1, 0.15) is 27.5 Å². The Labute approximate surface area is 224 Å². The Hall–Kier alpha value is -3.40. The molecule has 2 fully saturated rings. The normalized spacial score (nSPS) is 17.5. The lowest BCUT2D eigenvalue weighted by Crippen LogP contribution is -2.48. The van der Waals surface area contributed by atoms with E-state index < -0.39 is 0 Å². The monoisotopic (exact) mass is 519 g/mol. The van der Waals surface area contributed by atoms with Gasteiger partial charge < -0.3 is 18.8 Å². The second-order valence-corrected chi connectivity index (χ2v) is 9.91. The Bertz CT molecular complexity index is 1180. The molecule has 1 aromatic heterocycles. The molecule has 0 spiro atoms. The van der Waals surface area contributed by atoms with Gasteiger partial charge in [0.05, 0.1) is 20.8 Å². The molecule has 0 atom stereocenters. The average Bonchev–Trinajstić information content (AvgIpc) is 3.43. The van der Waals surface area contributed by atoms with Gasteiger partial charge in [-0.05, 0) is 23.8 Å². The molecule has 2 aromatic carbocycles. The number of carbonyl (C=O) groups excluding carboxylic acids is 1. The number of methoxy groups -OCH3 is 2. The molecule has 0 bridgehead atoms. The van der Waals surface area contributed by atoms with Crippen LogP contribution in [0.25, 0.3) is 0 Å². The summed E-state index contributed by atoms with van der Waals surface area (Å²) in [6.45, 7) is 9.12. The maximum atomic E-state index is 13.0. The highest BCUT2D eigenvalue weighted by molar-refractivity contribution is 5.92. The number of ether oxygens (including phenoxy) is 2. The summed E-state index contributed by atoms with van der Waals surface area (Å²) in [5.74, 6) is 2.26. The molecule has 3 heterocycles. The standard InChI is InChI=1S/C29H37N5O4/c1-36-25-8-9-27(37-2)24(18-25)20-32-10-12-33(13-11-32)21-28-30-26(22-38-28)29(35)34-16-14-31(15-17-34)19-23-6-4-3-5-7-23/h3-9,18,22H,10-17,19-21H2,1-2H3. The molecule has 2 aliphatic rings. The van der Waals surface area contributed by atoms with Gasteiger partial charge in [-0.1, -0.05) is 30.3 Å². The minimum absolute atomic E-state index is 0.0450. The van der Waals surface area contributed by atoms with E-state index in [2.05, 4.69) is 43.9 Å². The number of rotatable bonds is 9. The molecule has 5 rings (SSSR count). The summed E-state index contributed by atoms with van der Waals surface area (Å²) in [5.41, 5.74) is 2.83. The average molecular weight is 520 g/mol. The lowest BCUT2D eigenvalue weighted by Gasteiger charge is -2.34.